The van der Waals surface area contributed by atoms with Gasteiger partial charge in [0.05, 0.1) is 0 Å². The Bertz CT molecular complexity index is 220. The standard InChI is InChI=1S/C13H24N2O/c1-3-9-14(10-4-2)13(16)15-11-7-5-6-8-12-15/h3H,1,4-12H2,2H3. The van der Waals surface area contributed by atoms with E-state index in [1.165, 1.54) is 12.8 Å². The van der Waals surface area contributed by atoms with Gasteiger partial charge in [-0.15, -0.1) is 6.58 Å². The molecule has 0 aromatic heterocycles. The van der Waals surface area contributed by atoms with Gasteiger partial charge in [0.15, 0.2) is 0 Å². The van der Waals surface area contributed by atoms with Crippen molar-refractivity contribution in [2.45, 2.75) is 39.0 Å². The molecule has 1 rings (SSSR count). The molecule has 16 heavy (non-hydrogen) atoms. The number of hydrogen-bond acceptors (Lipinski definition) is 1. The first kappa shape index (κ1) is 13.1. The first-order valence-corrected chi connectivity index (χ1v) is 6.44. The lowest BCUT2D eigenvalue weighted by atomic mass is 10.2. The molecule has 0 aromatic rings. The van der Waals surface area contributed by atoms with E-state index in [1.807, 2.05) is 15.9 Å². The average molecular weight is 224 g/mol. The molecule has 1 aliphatic rings. The SMILES string of the molecule is C=CCN(CCC)C(=O)N1CCCCCC1. The van der Waals surface area contributed by atoms with Gasteiger partial charge in [-0.05, 0) is 19.3 Å². The van der Waals surface area contributed by atoms with E-state index < -0.39 is 0 Å². The Morgan fingerprint density at radius 1 is 1.31 bits per heavy atom. The summed E-state index contributed by atoms with van der Waals surface area (Å²) in [5.41, 5.74) is 0. The summed E-state index contributed by atoms with van der Waals surface area (Å²) in [7, 11) is 0. The van der Waals surface area contributed by atoms with Crippen LogP contribution in [0.4, 0.5) is 4.79 Å². The monoisotopic (exact) mass is 224 g/mol. The van der Waals surface area contributed by atoms with Crippen LogP contribution in [0.25, 0.3) is 0 Å². The minimum atomic E-state index is 0.198. The fourth-order valence-corrected chi connectivity index (χ4v) is 2.15. The summed E-state index contributed by atoms with van der Waals surface area (Å²) >= 11 is 0. The largest absolute Gasteiger partial charge is 0.325 e. The zero-order chi connectivity index (χ0) is 11.8. The van der Waals surface area contributed by atoms with Crippen LogP contribution < -0.4 is 0 Å². The first-order chi connectivity index (χ1) is 7.79. The van der Waals surface area contributed by atoms with Crippen molar-refractivity contribution in [3.05, 3.63) is 12.7 Å². The molecule has 0 N–H and O–H groups in total. The van der Waals surface area contributed by atoms with E-state index >= 15 is 0 Å². The molecule has 0 saturated carbocycles. The van der Waals surface area contributed by atoms with Crippen LogP contribution in [0.15, 0.2) is 12.7 Å². The quantitative estimate of drug-likeness (QED) is 0.674. The Labute approximate surface area is 99.1 Å². The summed E-state index contributed by atoms with van der Waals surface area (Å²) in [4.78, 5) is 16.1. The molecule has 0 unspecified atom stereocenters. The number of hydrogen-bond donors (Lipinski definition) is 0. The van der Waals surface area contributed by atoms with E-state index in [1.54, 1.807) is 0 Å². The van der Waals surface area contributed by atoms with E-state index in [9.17, 15) is 4.79 Å². The summed E-state index contributed by atoms with van der Waals surface area (Å²) in [5.74, 6) is 0. The molecule has 1 fully saturated rings. The van der Waals surface area contributed by atoms with Crippen LogP contribution in [0.3, 0.4) is 0 Å². The van der Waals surface area contributed by atoms with Crippen LogP contribution in [-0.2, 0) is 0 Å². The molecule has 1 heterocycles. The number of carbonyl (C=O) groups is 1. The van der Waals surface area contributed by atoms with Crippen LogP contribution in [0.1, 0.15) is 39.0 Å². The molecular weight excluding hydrogens is 200 g/mol. The summed E-state index contributed by atoms with van der Waals surface area (Å²) in [6, 6.07) is 0.198. The van der Waals surface area contributed by atoms with Gasteiger partial charge in [-0.2, -0.15) is 0 Å². The molecule has 92 valence electrons. The van der Waals surface area contributed by atoms with Gasteiger partial charge >= 0.3 is 6.03 Å². The molecular formula is C13H24N2O. The number of rotatable bonds is 4. The highest BCUT2D eigenvalue weighted by Crippen LogP contribution is 2.12. The molecule has 1 aliphatic heterocycles. The molecule has 2 amide bonds. The summed E-state index contributed by atoms with van der Waals surface area (Å²) in [5, 5.41) is 0. The lowest BCUT2D eigenvalue weighted by molar-refractivity contribution is 0.159. The van der Waals surface area contributed by atoms with E-state index in [2.05, 4.69) is 13.5 Å². The Balaban J connectivity index is 2.53. The van der Waals surface area contributed by atoms with Gasteiger partial charge in [0.25, 0.3) is 0 Å². The van der Waals surface area contributed by atoms with Crippen LogP contribution in [-0.4, -0.2) is 42.0 Å². The number of likely N-dealkylation sites (tertiary alicyclic amines) is 1. The lowest BCUT2D eigenvalue weighted by Crippen LogP contribution is -2.44. The Morgan fingerprint density at radius 3 is 2.44 bits per heavy atom. The third kappa shape index (κ3) is 3.87. The first-order valence-electron chi connectivity index (χ1n) is 6.44. The van der Waals surface area contributed by atoms with Crippen molar-refractivity contribution in [2.24, 2.45) is 0 Å². The highest BCUT2D eigenvalue weighted by Gasteiger charge is 2.20. The molecule has 0 aliphatic carbocycles. The molecule has 0 aromatic carbocycles. The normalized spacial score (nSPS) is 16.7. The fourth-order valence-electron chi connectivity index (χ4n) is 2.15. The van der Waals surface area contributed by atoms with Gasteiger partial charge in [-0.3, -0.25) is 0 Å². The predicted octanol–water partition coefficient (Wildman–Crippen LogP) is 2.88. The van der Waals surface area contributed by atoms with Gasteiger partial charge in [0, 0.05) is 26.2 Å². The van der Waals surface area contributed by atoms with Gasteiger partial charge < -0.3 is 9.80 Å². The molecule has 0 atom stereocenters. The second kappa shape index (κ2) is 7.31. The predicted molar refractivity (Wildman–Crippen MR) is 67.5 cm³/mol. The average Bonchev–Trinajstić information content (AvgIpc) is 2.56. The van der Waals surface area contributed by atoms with E-state index in [-0.39, 0.29) is 6.03 Å². The third-order valence-electron chi connectivity index (χ3n) is 2.99. The molecule has 3 heteroatoms. The van der Waals surface area contributed by atoms with Crippen molar-refractivity contribution in [1.29, 1.82) is 0 Å². The Kier molecular flexibility index (Phi) is 5.98. The number of carbonyl (C=O) groups excluding carboxylic acids is 1. The molecule has 1 saturated heterocycles. The van der Waals surface area contributed by atoms with E-state index in [0.29, 0.717) is 6.54 Å². The molecule has 0 radical (unpaired) electrons. The minimum absolute atomic E-state index is 0.198. The zero-order valence-electron chi connectivity index (χ0n) is 10.5. The van der Waals surface area contributed by atoms with E-state index in [4.69, 9.17) is 0 Å². The van der Waals surface area contributed by atoms with Gasteiger partial charge in [0.2, 0.25) is 0 Å². The topological polar surface area (TPSA) is 23.6 Å². The summed E-state index contributed by atoms with van der Waals surface area (Å²) < 4.78 is 0. The second-order valence-corrected chi connectivity index (χ2v) is 4.42. The highest BCUT2D eigenvalue weighted by molar-refractivity contribution is 5.74. The van der Waals surface area contributed by atoms with Crippen LogP contribution >= 0.6 is 0 Å². The molecule has 3 nitrogen and oxygen atoms in total. The van der Waals surface area contributed by atoms with Crippen LogP contribution in [0, 0.1) is 0 Å². The second-order valence-electron chi connectivity index (χ2n) is 4.42. The summed E-state index contributed by atoms with van der Waals surface area (Å²) in [6.45, 7) is 9.18. The number of nitrogens with zero attached hydrogens (tertiary/aromatic N) is 2. The van der Waals surface area contributed by atoms with Crippen LogP contribution in [0.2, 0.25) is 0 Å². The van der Waals surface area contributed by atoms with Crippen molar-refractivity contribution in [3.63, 3.8) is 0 Å². The van der Waals surface area contributed by atoms with Crippen molar-refractivity contribution >= 4 is 6.03 Å². The van der Waals surface area contributed by atoms with Crippen molar-refractivity contribution in [2.75, 3.05) is 26.2 Å². The van der Waals surface area contributed by atoms with Crippen molar-refractivity contribution < 1.29 is 4.79 Å². The molecule has 0 bridgehead atoms. The zero-order valence-corrected chi connectivity index (χ0v) is 10.5. The number of urea groups is 1. The molecule has 0 spiro atoms. The fraction of sp³-hybridized carbons (Fsp3) is 0.769. The van der Waals surface area contributed by atoms with Gasteiger partial charge in [-0.25, -0.2) is 4.79 Å². The van der Waals surface area contributed by atoms with E-state index in [0.717, 1.165) is 38.9 Å². The van der Waals surface area contributed by atoms with Gasteiger partial charge in [0.1, 0.15) is 0 Å². The maximum atomic E-state index is 12.2. The van der Waals surface area contributed by atoms with Crippen molar-refractivity contribution in [3.8, 4) is 0 Å². The summed E-state index contributed by atoms with van der Waals surface area (Å²) in [6.07, 6.45) is 7.65. The number of amides is 2. The Hall–Kier alpha value is -0.990. The lowest BCUT2D eigenvalue weighted by Gasteiger charge is -2.29. The maximum Gasteiger partial charge on any atom is 0.320 e. The third-order valence-corrected chi connectivity index (χ3v) is 2.99. The Morgan fingerprint density at radius 2 is 1.94 bits per heavy atom. The highest BCUT2D eigenvalue weighted by atomic mass is 16.2. The smallest absolute Gasteiger partial charge is 0.320 e. The van der Waals surface area contributed by atoms with Crippen molar-refractivity contribution in [1.82, 2.24) is 9.80 Å². The van der Waals surface area contributed by atoms with Gasteiger partial charge in [-0.1, -0.05) is 25.8 Å². The van der Waals surface area contributed by atoms with Crippen LogP contribution in [0.5, 0.6) is 0 Å². The maximum absolute atomic E-state index is 12.2. The minimum Gasteiger partial charge on any atom is -0.325 e.